The van der Waals surface area contributed by atoms with Crippen molar-refractivity contribution in [2.45, 2.75) is 10.2 Å². The fourth-order valence-corrected chi connectivity index (χ4v) is 3.66. The molecule has 0 amide bonds. The molecule has 0 atom stereocenters. The molecule has 0 N–H and O–H groups in total. The number of tetrazole rings is 1. The van der Waals surface area contributed by atoms with Crippen LogP contribution in [0.1, 0.15) is 0 Å². The van der Waals surface area contributed by atoms with Crippen LogP contribution in [0.4, 0.5) is 0 Å². The van der Waals surface area contributed by atoms with Crippen molar-refractivity contribution in [1.82, 2.24) is 30.2 Å². The van der Waals surface area contributed by atoms with Crippen LogP contribution < -0.4 is 4.74 Å². The molecular weight excluding hydrogens is 364 g/mol. The zero-order valence-corrected chi connectivity index (χ0v) is 14.9. The van der Waals surface area contributed by atoms with Crippen molar-refractivity contribution < 1.29 is 9.15 Å². The molecular formula is C18H12N6O2S. The number of nitrogens with zero attached hydrogens (tertiary/aromatic N) is 6. The lowest BCUT2D eigenvalue weighted by Gasteiger charge is -2.08. The quantitative estimate of drug-likeness (QED) is 0.440. The first-order chi connectivity index (χ1) is 13.3. The van der Waals surface area contributed by atoms with Crippen LogP contribution in [-0.2, 0) is 0 Å². The van der Waals surface area contributed by atoms with Crippen molar-refractivity contribution >= 4 is 33.8 Å². The molecule has 0 saturated carbocycles. The Balaban J connectivity index is 1.62. The Morgan fingerprint density at radius 3 is 2.81 bits per heavy atom. The Morgan fingerprint density at radius 1 is 1.04 bits per heavy atom. The van der Waals surface area contributed by atoms with E-state index in [0.717, 1.165) is 22.2 Å². The van der Waals surface area contributed by atoms with Crippen molar-refractivity contribution in [3.63, 3.8) is 0 Å². The molecule has 2 aromatic carbocycles. The number of rotatable bonds is 4. The monoisotopic (exact) mass is 376 g/mol. The van der Waals surface area contributed by atoms with Gasteiger partial charge in [-0.2, -0.15) is 4.68 Å². The van der Waals surface area contributed by atoms with E-state index in [9.17, 15) is 0 Å². The molecule has 0 spiro atoms. The standard InChI is InChI=1S/C18H12N6O2S/c1-25-14-9-5-3-7-12(14)24-18(21-22-23-24)27-17-16-15(19-10-20-17)11-6-2-4-8-13(11)26-16/h2-10H,1H3. The Hall–Kier alpha value is -3.46. The minimum atomic E-state index is 0.542. The second kappa shape index (κ2) is 6.36. The lowest BCUT2D eigenvalue weighted by atomic mass is 10.2. The van der Waals surface area contributed by atoms with Gasteiger partial charge in [-0.1, -0.05) is 24.3 Å². The number of ether oxygens (including phenoxy) is 1. The third kappa shape index (κ3) is 2.59. The molecule has 0 aliphatic heterocycles. The molecule has 0 aliphatic carbocycles. The molecule has 9 heteroatoms. The van der Waals surface area contributed by atoms with Crippen molar-refractivity contribution in [1.29, 1.82) is 0 Å². The summed E-state index contributed by atoms with van der Waals surface area (Å²) < 4.78 is 13.0. The minimum absolute atomic E-state index is 0.542. The summed E-state index contributed by atoms with van der Waals surface area (Å²) in [6.07, 6.45) is 1.52. The average molecular weight is 376 g/mol. The van der Waals surface area contributed by atoms with Crippen LogP contribution in [0, 0.1) is 0 Å². The third-order valence-corrected chi connectivity index (χ3v) is 4.99. The van der Waals surface area contributed by atoms with E-state index in [2.05, 4.69) is 25.5 Å². The molecule has 5 rings (SSSR count). The zero-order chi connectivity index (χ0) is 18.2. The molecule has 0 fully saturated rings. The topological polar surface area (TPSA) is 91.8 Å². The summed E-state index contributed by atoms with van der Waals surface area (Å²) in [7, 11) is 1.61. The van der Waals surface area contributed by atoms with Gasteiger partial charge >= 0.3 is 0 Å². The van der Waals surface area contributed by atoms with E-state index < -0.39 is 0 Å². The fraction of sp³-hybridized carbons (Fsp3) is 0.0556. The number of furan rings is 1. The van der Waals surface area contributed by atoms with Crippen LogP contribution in [0.25, 0.3) is 27.8 Å². The van der Waals surface area contributed by atoms with Gasteiger partial charge in [0, 0.05) is 5.39 Å². The molecule has 132 valence electrons. The summed E-state index contributed by atoms with van der Waals surface area (Å²) in [5.41, 5.74) is 2.87. The zero-order valence-electron chi connectivity index (χ0n) is 14.1. The smallest absolute Gasteiger partial charge is 0.220 e. The first-order valence-corrected chi connectivity index (χ1v) is 8.88. The van der Waals surface area contributed by atoms with Crippen LogP contribution >= 0.6 is 11.8 Å². The van der Waals surface area contributed by atoms with Crippen molar-refractivity contribution in [3.05, 3.63) is 54.9 Å². The Morgan fingerprint density at radius 2 is 1.89 bits per heavy atom. The number of fused-ring (bicyclic) bond motifs is 3. The molecule has 0 radical (unpaired) electrons. The van der Waals surface area contributed by atoms with E-state index >= 15 is 0 Å². The van der Waals surface area contributed by atoms with Gasteiger partial charge in [0.25, 0.3) is 0 Å². The molecule has 0 aliphatic rings. The van der Waals surface area contributed by atoms with Gasteiger partial charge in [-0.3, -0.25) is 0 Å². The van der Waals surface area contributed by atoms with Crippen LogP contribution in [-0.4, -0.2) is 37.3 Å². The predicted molar refractivity (Wildman–Crippen MR) is 99.1 cm³/mol. The van der Waals surface area contributed by atoms with E-state index in [1.807, 2.05) is 48.5 Å². The van der Waals surface area contributed by atoms with Crippen molar-refractivity contribution in [2.75, 3.05) is 7.11 Å². The second-order valence-corrected chi connectivity index (χ2v) is 6.56. The number of hydrogen-bond acceptors (Lipinski definition) is 8. The first-order valence-electron chi connectivity index (χ1n) is 8.07. The van der Waals surface area contributed by atoms with Gasteiger partial charge in [-0.15, -0.1) is 5.10 Å². The minimum Gasteiger partial charge on any atom is -0.494 e. The van der Waals surface area contributed by atoms with Crippen LogP contribution in [0.15, 0.2) is 69.5 Å². The van der Waals surface area contributed by atoms with Crippen LogP contribution in [0.3, 0.4) is 0 Å². The van der Waals surface area contributed by atoms with Crippen LogP contribution in [0.5, 0.6) is 5.75 Å². The number of aromatic nitrogens is 6. The fourth-order valence-electron chi connectivity index (χ4n) is 2.86. The predicted octanol–water partition coefficient (Wildman–Crippen LogP) is 3.51. The highest BCUT2D eigenvalue weighted by molar-refractivity contribution is 7.99. The first kappa shape index (κ1) is 15.8. The SMILES string of the molecule is COc1ccccc1-n1nnnc1Sc1ncnc2c1oc1ccccc12. The molecule has 27 heavy (non-hydrogen) atoms. The van der Waals surface area contributed by atoms with Crippen molar-refractivity contribution in [2.24, 2.45) is 0 Å². The lowest BCUT2D eigenvalue weighted by molar-refractivity contribution is 0.410. The third-order valence-electron chi connectivity index (χ3n) is 4.07. The normalized spacial score (nSPS) is 11.3. The van der Waals surface area contributed by atoms with E-state index in [4.69, 9.17) is 9.15 Å². The molecule has 0 saturated heterocycles. The highest BCUT2D eigenvalue weighted by atomic mass is 32.2. The van der Waals surface area contributed by atoms with Gasteiger partial charge in [0.1, 0.15) is 28.9 Å². The highest BCUT2D eigenvalue weighted by Crippen LogP contribution is 2.36. The Labute approximate surface area is 157 Å². The summed E-state index contributed by atoms with van der Waals surface area (Å²) in [4.78, 5) is 8.74. The van der Waals surface area contributed by atoms with Gasteiger partial charge in [-0.25, -0.2) is 9.97 Å². The maximum atomic E-state index is 5.97. The Bertz CT molecular complexity index is 1270. The number of benzene rings is 2. The summed E-state index contributed by atoms with van der Waals surface area (Å²) in [5.74, 6) is 0.670. The largest absolute Gasteiger partial charge is 0.494 e. The second-order valence-electron chi connectivity index (χ2n) is 5.60. The average Bonchev–Trinajstić information content (AvgIpc) is 3.33. The maximum absolute atomic E-state index is 5.97. The number of methoxy groups -OCH3 is 1. The highest BCUT2D eigenvalue weighted by Gasteiger charge is 2.19. The van der Waals surface area contributed by atoms with Gasteiger partial charge in [0.2, 0.25) is 5.16 Å². The van der Waals surface area contributed by atoms with Gasteiger partial charge in [0.15, 0.2) is 10.6 Å². The lowest BCUT2D eigenvalue weighted by Crippen LogP contribution is -2.01. The summed E-state index contributed by atoms with van der Waals surface area (Å²) in [5, 5.41) is 14.2. The van der Waals surface area contributed by atoms with Gasteiger partial charge in [-0.05, 0) is 46.5 Å². The van der Waals surface area contributed by atoms with E-state index in [-0.39, 0.29) is 0 Å². The number of para-hydroxylation sites is 3. The molecule has 0 unspecified atom stereocenters. The molecule has 0 bridgehead atoms. The summed E-state index contributed by atoms with van der Waals surface area (Å²) in [6, 6.07) is 15.3. The van der Waals surface area contributed by atoms with E-state index in [1.54, 1.807) is 11.8 Å². The number of hydrogen-bond donors (Lipinski definition) is 0. The molecule has 3 aromatic heterocycles. The van der Waals surface area contributed by atoms with E-state index in [1.165, 1.54) is 18.1 Å². The van der Waals surface area contributed by atoms with E-state index in [0.29, 0.717) is 21.5 Å². The summed E-state index contributed by atoms with van der Waals surface area (Å²) >= 11 is 1.31. The van der Waals surface area contributed by atoms with Gasteiger partial charge < -0.3 is 9.15 Å². The van der Waals surface area contributed by atoms with Crippen LogP contribution in [0.2, 0.25) is 0 Å². The molecule has 3 heterocycles. The maximum Gasteiger partial charge on any atom is 0.220 e. The van der Waals surface area contributed by atoms with Crippen molar-refractivity contribution in [3.8, 4) is 11.4 Å². The molecule has 8 nitrogen and oxygen atoms in total. The molecule has 5 aromatic rings. The summed E-state index contributed by atoms with van der Waals surface area (Å²) in [6.45, 7) is 0. The van der Waals surface area contributed by atoms with Gasteiger partial charge in [0.05, 0.1) is 7.11 Å². The Kier molecular flexibility index (Phi) is 3.72.